The quantitative estimate of drug-likeness (QED) is 0.669. The number of rotatable bonds is 2. The zero-order valence-corrected chi connectivity index (χ0v) is 13.7. The molecule has 3 rings (SSSR count). The van der Waals surface area contributed by atoms with E-state index < -0.39 is 0 Å². The number of hydrogen-bond acceptors (Lipinski definition) is 3. The van der Waals surface area contributed by atoms with Crippen LogP contribution in [0.5, 0.6) is 5.75 Å². The zero-order valence-electron chi connectivity index (χ0n) is 10.6. The molecule has 0 radical (unpaired) electrons. The van der Waals surface area contributed by atoms with Gasteiger partial charge in [0.2, 0.25) is 0 Å². The van der Waals surface area contributed by atoms with E-state index in [9.17, 15) is 9.90 Å². The first-order valence-corrected chi connectivity index (χ1v) is 8.01. The molecule has 0 aliphatic carbocycles. The summed E-state index contributed by atoms with van der Waals surface area (Å²) in [6.07, 6.45) is 0. The number of aromatic hydroxyl groups is 1. The van der Waals surface area contributed by atoms with Crippen molar-refractivity contribution in [1.29, 1.82) is 0 Å². The number of aromatic amines is 1. The molecule has 3 nitrogen and oxygen atoms in total. The van der Waals surface area contributed by atoms with E-state index in [0.29, 0.717) is 15.9 Å². The van der Waals surface area contributed by atoms with Gasteiger partial charge in [-0.15, -0.1) is 0 Å². The molecule has 0 bridgehead atoms. The minimum absolute atomic E-state index is 0.0293. The van der Waals surface area contributed by atoms with E-state index in [-0.39, 0.29) is 16.2 Å². The van der Waals surface area contributed by atoms with Crippen molar-refractivity contribution in [2.24, 2.45) is 0 Å². The van der Waals surface area contributed by atoms with E-state index in [0.717, 1.165) is 9.37 Å². The number of H-pyrrole nitrogens is 1. The minimum atomic E-state index is -0.338. The van der Waals surface area contributed by atoms with Crippen molar-refractivity contribution < 1.29 is 5.11 Å². The molecule has 106 valence electrons. The highest BCUT2D eigenvalue weighted by Crippen LogP contribution is 2.36. The summed E-state index contributed by atoms with van der Waals surface area (Å²) in [5, 5.41) is 11.4. The van der Waals surface area contributed by atoms with Gasteiger partial charge in [-0.3, -0.25) is 4.79 Å². The standard InChI is InChI=1S/C15H9BrClNO2S/c16-8-1-4-10(5-2-8)21-14-13(19)11-6-3-9(17)7-12(11)18-15(14)20/h1-7H,(H2,18,19,20). The second-order valence-electron chi connectivity index (χ2n) is 4.38. The van der Waals surface area contributed by atoms with E-state index in [1.165, 1.54) is 11.8 Å². The van der Waals surface area contributed by atoms with Crippen molar-refractivity contribution in [3.05, 3.63) is 62.3 Å². The lowest BCUT2D eigenvalue weighted by atomic mass is 10.2. The number of halogens is 2. The van der Waals surface area contributed by atoms with Crippen molar-refractivity contribution in [1.82, 2.24) is 4.98 Å². The molecular formula is C15H9BrClNO2S. The van der Waals surface area contributed by atoms with Gasteiger partial charge in [0.1, 0.15) is 10.6 Å². The summed E-state index contributed by atoms with van der Waals surface area (Å²) in [6, 6.07) is 12.5. The Morgan fingerprint density at radius 2 is 1.86 bits per heavy atom. The van der Waals surface area contributed by atoms with Crippen molar-refractivity contribution in [3.8, 4) is 5.75 Å². The van der Waals surface area contributed by atoms with Crippen LogP contribution in [0, 0.1) is 0 Å². The number of aromatic nitrogens is 1. The maximum absolute atomic E-state index is 12.1. The van der Waals surface area contributed by atoms with Crippen LogP contribution in [-0.4, -0.2) is 10.1 Å². The lowest BCUT2D eigenvalue weighted by Crippen LogP contribution is -2.08. The Hall–Kier alpha value is -1.43. The largest absolute Gasteiger partial charge is 0.506 e. The SMILES string of the molecule is O=c1[nH]c2cc(Cl)ccc2c(O)c1Sc1ccc(Br)cc1. The summed E-state index contributed by atoms with van der Waals surface area (Å²) in [5.41, 5.74) is 0.181. The molecule has 6 heteroatoms. The summed E-state index contributed by atoms with van der Waals surface area (Å²) >= 11 is 10.5. The number of benzene rings is 2. The van der Waals surface area contributed by atoms with Crippen LogP contribution < -0.4 is 5.56 Å². The number of fused-ring (bicyclic) bond motifs is 1. The molecule has 1 heterocycles. The van der Waals surface area contributed by atoms with Crippen molar-refractivity contribution in [2.45, 2.75) is 9.79 Å². The molecule has 2 aromatic carbocycles. The fourth-order valence-corrected chi connectivity index (χ4v) is 3.25. The van der Waals surface area contributed by atoms with Crippen LogP contribution in [0.4, 0.5) is 0 Å². The molecule has 0 aliphatic heterocycles. The van der Waals surface area contributed by atoms with Crippen LogP contribution in [0.2, 0.25) is 5.02 Å². The van der Waals surface area contributed by atoms with Crippen molar-refractivity contribution >= 4 is 50.2 Å². The molecule has 21 heavy (non-hydrogen) atoms. The summed E-state index contributed by atoms with van der Waals surface area (Å²) in [6.45, 7) is 0. The summed E-state index contributed by atoms with van der Waals surface area (Å²) < 4.78 is 0.957. The Bertz CT molecular complexity index is 877. The van der Waals surface area contributed by atoms with Crippen molar-refractivity contribution in [2.75, 3.05) is 0 Å². The molecule has 0 amide bonds. The maximum atomic E-state index is 12.1. The Morgan fingerprint density at radius 1 is 1.14 bits per heavy atom. The Balaban J connectivity index is 2.12. The fraction of sp³-hybridized carbons (Fsp3) is 0. The molecule has 1 aromatic heterocycles. The Morgan fingerprint density at radius 3 is 2.57 bits per heavy atom. The van der Waals surface area contributed by atoms with Gasteiger partial charge in [0.05, 0.1) is 5.52 Å². The first kappa shape index (κ1) is 14.5. The Labute approximate surface area is 138 Å². The lowest BCUT2D eigenvalue weighted by molar-refractivity contribution is 0.467. The molecule has 0 unspecified atom stereocenters. The third-order valence-electron chi connectivity index (χ3n) is 2.94. The normalized spacial score (nSPS) is 11.0. The number of pyridine rings is 1. The highest BCUT2D eigenvalue weighted by molar-refractivity contribution is 9.10. The van der Waals surface area contributed by atoms with Gasteiger partial charge in [0.25, 0.3) is 5.56 Å². The number of hydrogen-bond donors (Lipinski definition) is 2. The van der Waals surface area contributed by atoms with Crippen LogP contribution in [0.3, 0.4) is 0 Å². The average Bonchev–Trinajstić information content (AvgIpc) is 2.45. The lowest BCUT2D eigenvalue weighted by Gasteiger charge is -2.07. The second kappa shape index (κ2) is 5.75. The van der Waals surface area contributed by atoms with Crippen LogP contribution >= 0.6 is 39.3 Å². The summed E-state index contributed by atoms with van der Waals surface area (Å²) in [7, 11) is 0. The van der Waals surface area contributed by atoms with Crippen LogP contribution in [-0.2, 0) is 0 Å². The van der Waals surface area contributed by atoms with Gasteiger partial charge in [-0.2, -0.15) is 0 Å². The zero-order chi connectivity index (χ0) is 15.0. The molecule has 0 spiro atoms. The van der Waals surface area contributed by atoms with Gasteiger partial charge in [0.15, 0.2) is 0 Å². The molecule has 3 aromatic rings. The first-order valence-electron chi connectivity index (χ1n) is 6.02. The van der Waals surface area contributed by atoms with Gasteiger partial charge in [-0.05, 0) is 42.5 Å². The van der Waals surface area contributed by atoms with Gasteiger partial charge in [0, 0.05) is 19.8 Å². The summed E-state index contributed by atoms with van der Waals surface area (Å²) in [4.78, 5) is 16.0. The third kappa shape index (κ3) is 2.95. The predicted molar refractivity (Wildman–Crippen MR) is 89.5 cm³/mol. The van der Waals surface area contributed by atoms with Gasteiger partial charge < -0.3 is 10.1 Å². The predicted octanol–water partition coefficient (Wildman–Crippen LogP) is 4.80. The third-order valence-corrected chi connectivity index (χ3v) is 4.79. The number of nitrogens with one attached hydrogen (secondary N) is 1. The monoisotopic (exact) mass is 381 g/mol. The van der Waals surface area contributed by atoms with E-state index in [4.69, 9.17) is 11.6 Å². The van der Waals surface area contributed by atoms with Crippen LogP contribution in [0.25, 0.3) is 10.9 Å². The van der Waals surface area contributed by atoms with Gasteiger partial charge >= 0.3 is 0 Å². The van der Waals surface area contributed by atoms with Gasteiger partial charge in [-0.1, -0.05) is 39.3 Å². The topological polar surface area (TPSA) is 53.1 Å². The fourth-order valence-electron chi connectivity index (χ4n) is 1.95. The minimum Gasteiger partial charge on any atom is -0.506 e. The van der Waals surface area contributed by atoms with Crippen LogP contribution in [0.1, 0.15) is 0 Å². The molecule has 0 saturated heterocycles. The molecule has 0 aliphatic rings. The summed E-state index contributed by atoms with van der Waals surface area (Å²) in [5.74, 6) is -0.0293. The molecule has 0 fully saturated rings. The van der Waals surface area contributed by atoms with E-state index in [2.05, 4.69) is 20.9 Å². The average molecular weight is 383 g/mol. The first-order chi connectivity index (χ1) is 10.0. The van der Waals surface area contributed by atoms with Crippen LogP contribution in [0.15, 0.2) is 61.5 Å². The molecular weight excluding hydrogens is 374 g/mol. The molecule has 0 saturated carbocycles. The smallest absolute Gasteiger partial charge is 0.266 e. The van der Waals surface area contributed by atoms with Gasteiger partial charge in [-0.25, -0.2) is 0 Å². The second-order valence-corrected chi connectivity index (χ2v) is 6.81. The Kier molecular flexibility index (Phi) is 3.97. The maximum Gasteiger partial charge on any atom is 0.266 e. The van der Waals surface area contributed by atoms with Crippen molar-refractivity contribution in [3.63, 3.8) is 0 Å². The highest BCUT2D eigenvalue weighted by atomic mass is 79.9. The molecule has 0 atom stereocenters. The van der Waals surface area contributed by atoms with E-state index >= 15 is 0 Å². The van der Waals surface area contributed by atoms with E-state index in [1.54, 1.807) is 18.2 Å². The molecule has 2 N–H and O–H groups in total. The highest BCUT2D eigenvalue weighted by Gasteiger charge is 2.13. The van der Waals surface area contributed by atoms with E-state index in [1.807, 2.05) is 24.3 Å².